The minimum absolute atomic E-state index is 0.152. The van der Waals surface area contributed by atoms with E-state index in [0.29, 0.717) is 5.57 Å². The molecule has 0 atom stereocenters. The smallest absolute Gasteiger partial charge is 0.253 e. The molecule has 0 aliphatic heterocycles. The highest BCUT2D eigenvalue weighted by molar-refractivity contribution is 6.03. The minimum Gasteiger partial charge on any atom is -0.394 e. The fourth-order valence-electron chi connectivity index (χ4n) is 0.551. The first-order valence-corrected chi connectivity index (χ1v) is 3.28. The van der Waals surface area contributed by atoms with Gasteiger partial charge < -0.3 is 10.6 Å². The van der Waals surface area contributed by atoms with Crippen LogP contribution < -0.4 is 10.6 Å². The first-order valence-electron chi connectivity index (χ1n) is 3.28. The predicted octanol–water partition coefficient (Wildman–Crippen LogP) is 0.223. The summed E-state index contributed by atoms with van der Waals surface area (Å²) in [4.78, 5) is 11.0. The van der Waals surface area contributed by atoms with Gasteiger partial charge in [-0.2, -0.15) is 0 Å². The van der Waals surface area contributed by atoms with Crippen molar-refractivity contribution in [1.29, 1.82) is 5.41 Å². The van der Waals surface area contributed by atoms with E-state index >= 15 is 0 Å². The molecule has 0 fully saturated rings. The second-order valence-electron chi connectivity index (χ2n) is 2.20. The molecular weight excluding hydrogens is 142 g/mol. The van der Waals surface area contributed by atoms with E-state index < -0.39 is 0 Å². The SMILES string of the molecule is CN/C=C(/C)C(=O)NC(C)=N. The molecule has 3 N–H and O–H groups in total. The summed E-state index contributed by atoms with van der Waals surface area (Å²) in [5, 5.41) is 12.1. The van der Waals surface area contributed by atoms with Gasteiger partial charge in [-0.25, -0.2) is 0 Å². The lowest BCUT2D eigenvalue weighted by Crippen LogP contribution is -2.28. The van der Waals surface area contributed by atoms with E-state index in [1.165, 1.54) is 6.92 Å². The predicted molar refractivity (Wildman–Crippen MR) is 44.4 cm³/mol. The van der Waals surface area contributed by atoms with E-state index in [1.54, 1.807) is 20.2 Å². The fourth-order valence-corrected chi connectivity index (χ4v) is 0.551. The minimum atomic E-state index is -0.244. The maximum atomic E-state index is 11.0. The van der Waals surface area contributed by atoms with Crippen molar-refractivity contribution in [3.05, 3.63) is 11.8 Å². The maximum absolute atomic E-state index is 11.0. The van der Waals surface area contributed by atoms with Gasteiger partial charge in [0.1, 0.15) is 0 Å². The molecule has 0 aromatic heterocycles. The van der Waals surface area contributed by atoms with Crippen LogP contribution in [0.15, 0.2) is 11.8 Å². The van der Waals surface area contributed by atoms with Crippen molar-refractivity contribution in [3.8, 4) is 0 Å². The Hall–Kier alpha value is -1.32. The Morgan fingerprint density at radius 1 is 1.45 bits per heavy atom. The molecule has 0 aromatic carbocycles. The van der Waals surface area contributed by atoms with Crippen molar-refractivity contribution in [2.45, 2.75) is 13.8 Å². The summed E-state index contributed by atoms with van der Waals surface area (Å²) in [6.07, 6.45) is 1.58. The van der Waals surface area contributed by atoms with Gasteiger partial charge in [0.25, 0.3) is 5.91 Å². The van der Waals surface area contributed by atoms with Crippen LogP contribution in [0, 0.1) is 5.41 Å². The number of hydrogen-bond acceptors (Lipinski definition) is 3. The Bertz CT molecular complexity index is 196. The fraction of sp³-hybridized carbons (Fsp3) is 0.429. The van der Waals surface area contributed by atoms with Crippen molar-refractivity contribution < 1.29 is 4.79 Å². The third-order valence-electron chi connectivity index (χ3n) is 1.02. The molecule has 0 unspecified atom stereocenters. The Balaban J connectivity index is 4.03. The van der Waals surface area contributed by atoms with Gasteiger partial charge in [0, 0.05) is 18.8 Å². The Morgan fingerprint density at radius 3 is 2.36 bits per heavy atom. The summed E-state index contributed by atoms with van der Waals surface area (Å²) in [5.74, 6) is -0.0919. The number of rotatable bonds is 2. The molecule has 4 nitrogen and oxygen atoms in total. The van der Waals surface area contributed by atoms with Crippen molar-refractivity contribution in [2.75, 3.05) is 7.05 Å². The third kappa shape index (κ3) is 4.13. The van der Waals surface area contributed by atoms with Crippen molar-refractivity contribution in [1.82, 2.24) is 10.6 Å². The molecule has 0 spiro atoms. The van der Waals surface area contributed by atoms with Crippen molar-refractivity contribution in [2.24, 2.45) is 0 Å². The van der Waals surface area contributed by atoms with Gasteiger partial charge in [0.2, 0.25) is 0 Å². The van der Waals surface area contributed by atoms with Crippen LogP contribution in [0.3, 0.4) is 0 Å². The molecule has 0 bridgehead atoms. The summed E-state index contributed by atoms with van der Waals surface area (Å²) in [6.45, 7) is 3.19. The second-order valence-corrected chi connectivity index (χ2v) is 2.20. The molecule has 0 aliphatic rings. The molecule has 0 rings (SSSR count). The lowest BCUT2D eigenvalue weighted by molar-refractivity contribution is -0.116. The average molecular weight is 155 g/mol. The summed E-state index contributed by atoms with van der Waals surface area (Å²) in [7, 11) is 1.72. The molecule has 0 aromatic rings. The Morgan fingerprint density at radius 2 is 2.00 bits per heavy atom. The highest BCUT2D eigenvalue weighted by Crippen LogP contribution is 1.88. The lowest BCUT2D eigenvalue weighted by atomic mass is 10.3. The first-order chi connectivity index (χ1) is 5.07. The number of nitrogens with one attached hydrogen (secondary N) is 3. The number of amidine groups is 1. The largest absolute Gasteiger partial charge is 0.394 e. The lowest BCUT2D eigenvalue weighted by Gasteiger charge is -2.01. The van der Waals surface area contributed by atoms with Gasteiger partial charge in [-0.1, -0.05) is 0 Å². The topological polar surface area (TPSA) is 65.0 Å². The highest BCUT2D eigenvalue weighted by Gasteiger charge is 2.02. The van der Waals surface area contributed by atoms with E-state index in [9.17, 15) is 4.79 Å². The quantitative estimate of drug-likeness (QED) is 0.303. The second kappa shape index (κ2) is 4.49. The standard InChI is InChI=1S/C7H13N3O/c1-5(4-9-3)7(11)10-6(2)8/h4,9H,1-3H3,(H2,8,10,11)/b5-4-. The van der Waals surface area contributed by atoms with Crippen LogP contribution in [0.2, 0.25) is 0 Å². The Labute approximate surface area is 66.2 Å². The maximum Gasteiger partial charge on any atom is 0.253 e. The summed E-state index contributed by atoms with van der Waals surface area (Å²) in [5.41, 5.74) is 0.555. The Kier molecular flexibility index (Phi) is 3.95. The van der Waals surface area contributed by atoms with Crippen LogP contribution in [0.4, 0.5) is 0 Å². The normalized spacial score (nSPS) is 10.6. The van der Waals surface area contributed by atoms with Gasteiger partial charge >= 0.3 is 0 Å². The molecule has 11 heavy (non-hydrogen) atoms. The van der Waals surface area contributed by atoms with Gasteiger partial charge in [-0.05, 0) is 13.8 Å². The molecule has 0 saturated heterocycles. The number of amides is 1. The van der Waals surface area contributed by atoms with Crippen LogP contribution in [-0.4, -0.2) is 18.8 Å². The van der Waals surface area contributed by atoms with E-state index in [1.807, 2.05) is 0 Å². The van der Waals surface area contributed by atoms with Gasteiger partial charge in [0.05, 0.1) is 5.84 Å². The van der Waals surface area contributed by atoms with Crippen LogP contribution in [-0.2, 0) is 4.79 Å². The highest BCUT2D eigenvalue weighted by atomic mass is 16.1. The molecule has 1 amide bonds. The zero-order valence-electron chi connectivity index (χ0n) is 6.99. The van der Waals surface area contributed by atoms with Crippen molar-refractivity contribution >= 4 is 11.7 Å². The molecule has 62 valence electrons. The summed E-state index contributed by atoms with van der Waals surface area (Å²) in [6, 6.07) is 0. The molecular formula is C7H13N3O. The van der Waals surface area contributed by atoms with Crippen LogP contribution in [0.25, 0.3) is 0 Å². The average Bonchev–Trinajstić information content (AvgIpc) is 1.86. The molecule has 0 heterocycles. The first kappa shape index (κ1) is 9.68. The van der Waals surface area contributed by atoms with Crippen LogP contribution in [0.1, 0.15) is 13.8 Å². The molecule has 0 radical (unpaired) electrons. The number of carbonyl (C=O) groups excluding carboxylic acids is 1. The number of hydrogen-bond donors (Lipinski definition) is 3. The third-order valence-corrected chi connectivity index (χ3v) is 1.02. The summed E-state index contributed by atoms with van der Waals surface area (Å²) < 4.78 is 0. The number of carbonyl (C=O) groups is 1. The molecule has 4 heteroatoms. The van der Waals surface area contributed by atoms with Crippen molar-refractivity contribution in [3.63, 3.8) is 0 Å². The van der Waals surface area contributed by atoms with E-state index in [-0.39, 0.29) is 11.7 Å². The van der Waals surface area contributed by atoms with Gasteiger partial charge in [0.15, 0.2) is 0 Å². The van der Waals surface area contributed by atoms with Crippen LogP contribution >= 0.6 is 0 Å². The monoisotopic (exact) mass is 155 g/mol. The summed E-state index contributed by atoms with van der Waals surface area (Å²) >= 11 is 0. The van der Waals surface area contributed by atoms with E-state index in [2.05, 4.69) is 10.6 Å². The van der Waals surface area contributed by atoms with E-state index in [4.69, 9.17) is 5.41 Å². The van der Waals surface area contributed by atoms with Gasteiger partial charge in [-0.15, -0.1) is 0 Å². The van der Waals surface area contributed by atoms with Crippen LogP contribution in [0.5, 0.6) is 0 Å². The molecule has 0 aliphatic carbocycles. The van der Waals surface area contributed by atoms with E-state index in [0.717, 1.165) is 0 Å². The zero-order chi connectivity index (χ0) is 8.85. The zero-order valence-corrected chi connectivity index (χ0v) is 6.99. The molecule has 0 saturated carbocycles. The van der Waals surface area contributed by atoms with Gasteiger partial charge in [-0.3, -0.25) is 10.2 Å².